The molecule has 0 aromatic heterocycles. The fourth-order valence-electron chi connectivity index (χ4n) is 4.52. The molecule has 2 saturated heterocycles. The van der Waals surface area contributed by atoms with Gasteiger partial charge in [0.05, 0.1) is 31.0 Å². The Bertz CT molecular complexity index is 635. The van der Waals surface area contributed by atoms with E-state index in [-0.39, 0.29) is 41.5 Å². The summed E-state index contributed by atoms with van der Waals surface area (Å²) in [5.41, 5.74) is 5.25. The van der Waals surface area contributed by atoms with E-state index in [2.05, 4.69) is 6.92 Å². The molecule has 2 aliphatic rings. The van der Waals surface area contributed by atoms with E-state index >= 15 is 0 Å². The standard InChI is InChI=1S/C22H37NO6/c1-12(7-6-8-16(11-24)21(23)27)18(25)14(3)19(26)15(4)20-13(2)17-9-10-22(5,28-17)29-20/h6-8,12-15,17-20,24-26H,9-11H2,1-5H3,(H2,23,27)/b7-6+,16-8-/t12-,13+,14+,15+,17-,18-,19+,20+,22?/m0/s1. The molecule has 166 valence electrons. The molecule has 2 aliphatic heterocycles. The number of primary amides is 1. The second-order valence-electron chi connectivity index (χ2n) is 8.93. The monoisotopic (exact) mass is 411 g/mol. The second-order valence-corrected chi connectivity index (χ2v) is 8.93. The van der Waals surface area contributed by atoms with Crippen LogP contribution < -0.4 is 5.73 Å². The van der Waals surface area contributed by atoms with Crippen LogP contribution in [0.3, 0.4) is 0 Å². The van der Waals surface area contributed by atoms with Gasteiger partial charge in [0, 0.05) is 35.7 Å². The van der Waals surface area contributed by atoms with Crippen LogP contribution in [0, 0.1) is 23.7 Å². The normalized spacial score (nSPS) is 35.3. The summed E-state index contributed by atoms with van der Waals surface area (Å²) in [6.45, 7) is 9.24. The van der Waals surface area contributed by atoms with Crippen LogP contribution in [0.4, 0.5) is 0 Å². The van der Waals surface area contributed by atoms with E-state index in [0.29, 0.717) is 0 Å². The molecule has 1 amide bonds. The van der Waals surface area contributed by atoms with Crippen LogP contribution in [0.5, 0.6) is 0 Å². The fraction of sp³-hybridized carbons (Fsp3) is 0.773. The Labute approximate surface area is 173 Å². The molecule has 2 heterocycles. The molecule has 7 heteroatoms. The third-order valence-corrected chi connectivity index (χ3v) is 6.65. The van der Waals surface area contributed by atoms with Gasteiger partial charge in [0.15, 0.2) is 5.79 Å². The zero-order chi connectivity index (χ0) is 21.9. The lowest BCUT2D eigenvalue weighted by molar-refractivity contribution is -0.309. The Balaban J connectivity index is 2.00. The Hall–Kier alpha value is -1.25. The lowest BCUT2D eigenvalue weighted by Crippen LogP contribution is -2.52. The highest BCUT2D eigenvalue weighted by Crippen LogP contribution is 2.45. The van der Waals surface area contributed by atoms with Crippen LogP contribution in [0.2, 0.25) is 0 Å². The Morgan fingerprint density at radius 3 is 2.48 bits per heavy atom. The van der Waals surface area contributed by atoms with E-state index in [9.17, 15) is 15.0 Å². The highest BCUT2D eigenvalue weighted by molar-refractivity contribution is 5.92. The lowest BCUT2D eigenvalue weighted by atomic mass is 9.78. The third-order valence-electron chi connectivity index (χ3n) is 6.65. The summed E-state index contributed by atoms with van der Waals surface area (Å²) in [5, 5.41) is 30.8. The minimum Gasteiger partial charge on any atom is -0.392 e. The molecule has 0 aromatic carbocycles. The predicted molar refractivity (Wildman–Crippen MR) is 110 cm³/mol. The average molecular weight is 412 g/mol. The topological polar surface area (TPSA) is 122 Å². The summed E-state index contributed by atoms with van der Waals surface area (Å²) in [6.07, 6.45) is 5.05. The average Bonchev–Trinajstić information content (AvgIpc) is 3.02. The second kappa shape index (κ2) is 9.71. The van der Waals surface area contributed by atoms with Gasteiger partial charge in [-0.2, -0.15) is 0 Å². The zero-order valence-corrected chi connectivity index (χ0v) is 18.1. The van der Waals surface area contributed by atoms with Gasteiger partial charge in [-0.05, 0) is 13.3 Å². The van der Waals surface area contributed by atoms with Crippen LogP contribution in [0.25, 0.3) is 0 Å². The maximum Gasteiger partial charge on any atom is 0.246 e. The molecule has 5 N–H and O–H groups in total. The van der Waals surface area contributed by atoms with E-state index in [4.69, 9.17) is 20.3 Å². The van der Waals surface area contributed by atoms with E-state index in [1.165, 1.54) is 6.08 Å². The van der Waals surface area contributed by atoms with E-state index in [0.717, 1.165) is 12.8 Å². The number of allylic oxidation sites excluding steroid dienone is 2. The molecule has 2 fully saturated rings. The number of rotatable bonds is 9. The Morgan fingerprint density at radius 2 is 1.90 bits per heavy atom. The van der Waals surface area contributed by atoms with Crippen molar-refractivity contribution in [1.29, 1.82) is 0 Å². The maximum absolute atomic E-state index is 11.1. The van der Waals surface area contributed by atoms with Gasteiger partial charge in [-0.3, -0.25) is 4.79 Å². The van der Waals surface area contributed by atoms with E-state index in [1.807, 2.05) is 27.7 Å². The SMILES string of the molecule is C[C@H]([C@H](O)[C@H](C)[C@@H](O)[C@@H](C)/C=C/C=C(/CO)C(N)=O)[C@@H]1OC2(C)CC[C@H](O2)[C@H]1C. The number of fused-ring (bicyclic) bond motifs is 2. The number of nitrogens with two attached hydrogens (primary N) is 1. The van der Waals surface area contributed by atoms with Crippen molar-refractivity contribution in [3.05, 3.63) is 23.8 Å². The quantitative estimate of drug-likeness (QED) is 0.337. The number of carbonyl (C=O) groups is 1. The summed E-state index contributed by atoms with van der Waals surface area (Å²) < 4.78 is 12.2. The van der Waals surface area contributed by atoms with Gasteiger partial charge in [0.25, 0.3) is 0 Å². The maximum atomic E-state index is 11.1. The molecule has 29 heavy (non-hydrogen) atoms. The smallest absolute Gasteiger partial charge is 0.246 e. The van der Waals surface area contributed by atoms with Crippen LogP contribution >= 0.6 is 0 Å². The predicted octanol–water partition coefficient (Wildman–Crippen LogP) is 1.51. The van der Waals surface area contributed by atoms with Crippen molar-refractivity contribution in [1.82, 2.24) is 0 Å². The van der Waals surface area contributed by atoms with Gasteiger partial charge in [0.1, 0.15) is 0 Å². The van der Waals surface area contributed by atoms with Crippen LogP contribution in [-0.2, 0) is 14.3 Å². The first-order valence-electron chi connectivity index (χ1n) is 10.5. The molecule has 0 spiro atoms. The molecule has 0 radical (unpaired) electrons. The van der Waals surface area contributed by atoms with Gasteiger partial charge in [-0.1, -0.05) is 45.9 Å². The van der Waals surface area contributed by atoms with Crippen molar-refractivity contribution in [3.63, 3.8) is 0 Å². The molecular weight excluding hydrogens is 374 g/mol. The summed E-state index contributed by atoms with van der Waals surface area (Å²) in [5.74, 6) is -1.90. The van der Waals surface area contributed by atoms with Gasteiger partial charge in [0.2, 0.25) is 5.91 Å². The molecular formula is C22H37NO6. The Kier molecular flexibility index (Phi) is 8.04. The summed E-state index contributed by atoms with van der Waals surface area (Å²) in [4.78, 5) is 11.1. The van der Waals surface area contributed by atoms with Crippen LogP contribution in [-0.4, -0.2) is 58.0 Å². The molecule has 0 saturated carbocycles. The van der Waals surface area contributed by atoms with Crippen LogP contribution in [0.1, 0.15) is 47.5 Å². The summed E-state index contributed by atoms with van der Waals surface area (Å²) >= 11 is 0. The highest BCUT2D eigenvalue weighted by Gasteiger charge is 2.51. The van der Waals surface area contributed by atoms with Crippen molar-refractivity contribution in [2.75, 3.05) is 6.61 Å². The number of aliphatic hydroxyl groups excluding tert-OH is 3. The molecule has 0 aromatic rings. The van der Waals surface area contributed by atoms with Gasteiger partial charge < -0.3 is 30.5 Å². The molecule has 9 atom stereocenters. The molecule has 7 nitrogen and oxygen atoms in total. The molecule has 1 unspecified atom stereocenters. The zero-order valence-electron chi connectivity index (χ0n) is 18.1. The number of amides is 1. The molecule has 2 rings (SSSR count). The van der Waals surface area contributed by atoms with Crippen molar-refractivity contribution >= 4 is 5.91 Å². The largest absolute Gasteiger partial charge is 0.392 e. The first-order chi connectivity index (χ1) is 13.5. The van der Waals surface area contributed by atoms with Gasteiger partial charge in [-0.15, -0.1) is 0 Å². The van der Waals surface area contributed by atoms with Gasteiger partial charge >= 0.3 is 0 Å². The van der Waals surface area contributed by atoms with Crippen LogP contribution in [0.15, 0.2) is 23.8 Å². The van der Waals surface area contributed by atoms with E-state index in [1.54, 1.807) is 12.2 Å². The van der Waals surface area contributed by atoms with E-state index < -0.39 is 30.5 Å². The molecule has 0 aliphatic carbocycles. The minimum atomic E-state index is -0.786. The first kappa shape index (κ1) is 24.0. The first-order valence-corrected chi connectivity index (χ1v) is 10.5. The van der Waals surface area contributed by atoms with Crippen molar-refractivity contribution in [3.8, 4) is 0 Å². The Morgan fingerprint density at radius 1 is 1.24 bits per heavy atom. The number of aliphatic hydroxyl groups is 3. The third kappa shape index (κ3) is 5.47. The highest BCUT2D eigenvalue weighted by atomic mass is 16.7. The number of hydrogen-bond acceptors (Lipinski definition) is 6. The van der Waals surface area contributed by atoms with Crippen molar-refractivity contribution < 1.29 is 29.6 Å². The minimum absolute atomic E-state index is 0.0958. The number of carbonyl (C=O) groups excluding carboxylic acids is 1. The van der Waals surface area contributed by atoms with Gasteiger partial charge in [-0.25, -0.2) is 0 Å². The number of ether oxygens (including phenoxy) is 2. The molecule has 2 bridgehead atoms. The van der Waals surface area contributed by atoms with Crippen molar-refractivity contribution in [2.24, 2.45) is 29.4 Å². The number of hydrogen-bond donors (Lipinski definition) is 4. The van der Waals surface area contributed by atoms with Crippen molar-refractivity contribution in [2.45, 2.75) is 77.7 Å². The summed E-state index contributed by atoms with van der Waals surface area (Å²) in [6, 6.07) is 0. The lowest BCUT2D eigenvalue weighted by Gasteiger charge is -2.45. The fourth-order valence-corrected chi connectivity index (χ4v) is 4.52. The summed E-state index contributed by atoms with van der Waals surface area (Å²) in [7, 11) is 0.